The van der Waals surface area contributed by atoms with Crippen LogP contribution in [0, 0.1) is 0 Å². The van der Waals surface area contributed by atoms with Crippen molar-refractivity contribution in [1.82, 2.24) is 0 Å². The first-order valence-electron chi connectivity index (χ1n) is 5.56. The predicted octanol–water partition coefficient (Wildman–Crippen LogP) is 3.05. The molecule has 0 aliphatic carbocycles. The largest absolute Gasteiger partial charge is 0.494 e. The molecule has 1 rings (SSSR count). The normalized spacial score (nSPS) is 10.7. The fourth-order valence-electron chi connectivity index (χ4n) is 1.41. The second-order valence-electron chi connectivity index (χ2n) is 3.71. The van der Waals surface area contributed by atoms with E-state index in [-0.39, 0.29) is 0 Å². The molecule has 0 saturated heterocycles. The molecule has 1 aromatic carbocycles. The van der Waals surface area contributed by atoms with Gasteiger partial charge in [0.15, 0.2) is 0 Å². The van der Waals surface area contributed by atoms with Gasteiger partial charge in [-0.2, -0.15) is 0 Å². The van der Waals surface area contributed by atoms with Crippen LogP contribution in [-0.4, -0.2) is 19.3 Å². The maximum Gasteiger partial charge on any atom is 0.122 e. The highest BCUT2D eigenvalue weighted by atomic mass is 16.5. The molecule has 15 heavy (non-hydrogen) atoms. The molecule has 2 heteroatoms. The molecule has 0 unspecified atom stereocenters. The highest BCUT2D eigenvalue weighted by Gasteiger charge is 2.02. The van der Waals surface area contributed by atoms with Crippen LogP contribution < -0.4 is 4.74 Å². The minimum Gasteiger partial charge on any atom is -0.494 e. The van der Waals surface area contributed by atoms with Crippen molar-refractivity contribution in [3.63, 3.8) is 0 Å². The van der Waals surface area contributed by atoms with E-state index >= 15 is 0 Å². The lowest BCUT2D eigenvalue weighted by atomic mass is 10.1. The smallest absolute Gasteiger partial charge is 0.122 e. The number of ether oxygens (including phenoxy) is 2. The van der Waals surface area contributed by atoms with Gasteiger partial charge in [-0.15, -0.1) is 0 Å². The molecular formula is C13H20O2. The van der Waals surface area contributed by atoms with E-state index in [1.165, 1.54) is 5.56 Å². The lowest BCUT2D eigenvalue weighted by Crippen LogP contribution is -2.07. The van der Waals surface area contributed by atoms with Crippen LogP contribution in [0.25, 0.3) is 0 Å². The van der Waals surface area contributed by atoms with Gasteiger partial charge in [0.05, 0.1) is 19.3 Å². The van der Waals surface area contributed by atoms with Crippen molar-refractivity contribution in [3.05, 3.63) is 29.8 Å². The van der Waals surface area contributed by atoms with Crippen LogP contribution in [0.2, 0.25) is 0 Å². The zero-order chi connectivity index (χ0) is 11.1. The third-order valence-corrected chi connectivity index (χ3v) is 2.10. The van der Waals surface area contributed by atoms with Crippen molar-refractivity contribution in [2.24, 2.45) is 0 Å². The number of benzene rings is 1. The summed E-state index contributed by atoms with van der Waals surface area (Å²) in [5, 5.41) is 0. The zero-order valence-corrected chi connectivity index (χ0v) is 9.82. The fraction of sp³-hybridized carbons (Fsp3) is 0.538. The molecule has 0 atom stereocenters. The first-order chi connectivity index (χ1) is 7.24. The van der Waals surface area contributed by atoms with Gasteiger partial charge < -0.3 is 9.47 Å². The van der Waals surface area contributed by atoms with E-state index in [9.17, 15) is 0 Å². The van der Waals surface area contributed by atoms with Gasteiger partial charge in [0, 0.05) is 0 Å². The van der Waals surface area contributed by atoms with Crippen LogP contribution in [0.4, 0.5) is 0 Å². The quantitative estimate of drug-likeness (QED) is 0.715. The summed E-state index contributed by atoms with van der Waals surface area (Å²) in [7, 11) is 0. The summed E-state index contributed by atoms with van der Waals surface area (Å²) < 4.78 is 11.1. The van der Waals surface area contributed by atoms with Crippen LogP contribution in [0.15, 0.2) is 24.3 Å². The van der Waals surface area contributed by atoms with Gasteiger partial charge >= 0.3 is 0 Å². The molecule has 0 N–H and O–H groups in total. The Morgan fingerprint density at radius 2 is 1.93 bits per heavy atom. The molecular weight excluding hydrogens is 188 g/mol. The Morgan fingerprint density at radius 3 is 2.60 bits per heavy atom. The molecule has 0 fully saturated rings. The average Bonchev–Trinajstić information content (AvgIpc) is 2.20. The first kappa shape index (κ1) is 12.1. The highest BCUT2D eigenvalue weighted by Crippen LogP contribution is 2.18. The van der Waals surface area contributed by atoms with Gasteiger partial charge in [0.25, 0.3) is 0 Å². The minimum atomic E-state index is 0.296. The zero-order valence-electron chi connectivity index (χ0n) is 9.82. The van der Waals surface area contributed by atoms with Crippen molar-refractivity contribution in [2.75, 3.05) is 13.2 Å². The number of rotatable bonds is 6. The lowest BCUT2D eigenvalue weighted by molar-refractivity contribution is 0.0809. The maximum absolute atomic E-state index is 5.54. The molecule has 0 heterocycles. The van der Waals surface area contributed by atoms with Crippen molar-refractivity contribution in [2.45, 2.75) is 33.3 Å². The Balaban J connectivity index is 2.51. The predicted molar refractivity (Wildman–Crippen MR) is 62.4 cm³/mol. The summed E-state index contributed by atoms with van der Waals surface area (Å²) in [6.45, 7) is 7.56. The van der Waals surface area contributed by atoms with Crippen molar-refractivity contribution in [3.8, 4) is 5.75 Å². The fourth-order valence-corrected chi connectivity index (χ4v) is 1.41. The molecule has 0 radical (unpaired) electrons. The Bertz CT molecular complexity index is 282. The second kappa shape index (κ2) is 6.46. The topological polar surface area (TPSA) is 18.5 Å². The molecule has 84 valence electrons. The van der Waals surface area contributed by atoms with Crippen LogP contribution in [0.1, 0.15) is 26.3 Å². The Labute approximate surface area is 92.2 Å². The molecule has 1 aromatic rings. The van der Waals surface area contributed by atoms with E-state index in [4.69, 9.17) is 9.47 Å². The molecule has 0 saturated carbocycles. The molecule has 0 aliphatic heterocycles. The van der Waals surface area contributed by atoms with Crippen LogP contribution in [0.5, 0.6) is 5.75 Å². The first-order valence-corrected chi connectivity index (χ1v) is 5.56. The van der Waals surface area contributed by atoms with Gasteiger partial charge in [0.1, 0.15) is 5.75 Å². The standard InChI is InChI=1S/C13H20O2/c1-4-14-13-8-6-5-7-12(13)9-10-15-11(2)3/h5-8,11H,4,9-10H2,1-3H3. The minimum absolute atomic E-state index is 0.296. The summed E-state index contributed by atoms with van der Waals surface area (Å²) in [5.41, 5.74) is 1.22. The molecule has 0 amide bonds. The summed E-state index contributed by atoms with van der Waals surface area (Å²) in [6, 6.07) is 8.13. The lowest BCUT2D eigenvalue weighted by Gasteiger charge is -2.11. The van der Waals surface area contributed by atoms with Gasteiger partial charge in [-0.1, -0.05) is 18.2 Å². The summed E-state index contributed by atoms with van der Waals surface area (Å²) in [5.74, 6) is 0.979. The van der Waals surface area contributed by atoms with Crippen molar-refractivity contribution in [1.29, 1.82) is 0 Å². The van der Waals surface area contributed by atoms with E-state index in [0.29, 0.717) is 12.7 Å². The van der Waals surface area contributed by atoms with Crippen LogP contribution in [-0.2, 0) is 11.2 Å². The van der Waals surface area contributed by atoms with Crippen LogP contribution >= 0.6 is 0 Å². The van der Waals surface area contributed by atoms with Crippen molar-refractivity contribution >= 4 is 0 Å². The van der Waals surface area contributed by atoms with E-state index in [1.54, 1.807) is 0 Å². The van der Waals surface area contributed by atoms with E-state index in [2.05, 4.69) is 19.9 Å². The average molecular weight is 208 g/mol. The molecule has 0 aliphatic rings. The van der Waals surface area contributed by atoms with E-state index < -0.39 is 0 Å². The van der Waals surface area contributed by atoms with Crippen molar-refractivity contribution < 1.29 is 9.47 Å². The molecule has 2 nitrogen and oxygen atoms in total. The summed E-state index contributed by atoms with van der Waals surface area (Å²) >= 11 is 0. The molecule has 0 spiro atoms. The summed E-state index contributed by atoms with van der Waals surface area (Å²) in [4.78, 5) is 0. The van der Waals surface area contributed by atoms with Gasteiger partial charge in [-0.3, -0.25) is 0 Å². The highest BCUT2D eigenvalue weighted by molar-refractivity contribution is 5.33. The van der Waals surface area contributed by atoms with Gasteiger partial charge in [-0.25, -0.2) is 0 Å². The Kier molecular flexibility index (Phi) is 5.19. The van der Waals surface area contributed by atoms with Crippen LogP contribution in [0.3, 0.4) is 0 Å². The number of hydrogen-bond acceptors (Lipinski definition) is 2. The number of hydrogen-bond donors (Lipinski definition) is 0. The maximum atomic E-state index is 5.54. The van der Waals surface area contributed by atoms with E-state index in [0.717, 1.165) is 18.8 Å². The second-order valence-corrected chi connectivity index (χ2v) is 3.71. The molecule has 0 bridgehead atoms. The third-order valence-electron chi connectivity index (χ3n) is 2.10. The third kappa shape index (κ3) is 4.34. The summed E-state index contributed by atoms with van der Waals surface area (Å²) in [6.07, 6.45) is 1.21. The SMILES string of the molecule is CCOc1ccccc1CCOC(C)C. The Morgan fingerprint density at radius 1 is 1.20 bits per heavy atom. The number of para-hydroxylation sites is 1. The monoisotopic (exact) mass is 208 g/mol. The van der Waals surface area contributed by atoms with Gasteiger partial charge in [0.2, 0.25) is 0 Å². The van der Waals surface area contributed by atoms with Gasteiger partial charge in [-0.05, 0) is 38.8 Å². The molecule has 0 aromatic heterocycles. The Hall–Kier alpha value is -1.02. The van der Waals surface area contributed by atoms with E-state index in [1.807, 2.05) is 25.1 Å².